The Hall–Kier alpha value is -1.94. The van der Waals surface area contributed by atoms with E-state index in [4.69, 9.17) is 11.6 Å². The molecule has 0 bridgehead atoms. The highest BCUT2D eigenvalue weighted by Gasteiger charge is 2.35. The van der Waals surface area contributed by atoms with E-state index in [1.807, 2.05) is 36.6 Å². The van der Waals surface area contributed by atoms with Crippen LogP contribution in [0.5, 0.6) is 0 Å². The van der Waals surface area contributed by atoms with E-state index >= 15 is 0 Å². The lowest BCUT2D eigenvalue weighted by atomic mass is 9.92. The maximum Gasteiger partial charge on any atom is 0.233 e. The second-order valence-corrected chi connectivity index (χ2v) is 7.62. The molecule has 1 aliphatic rings. The number of hydrogen-bond donors (Lipinski definition) is 0. The fraction of sp³-hybridized carbons (Fsp3) is 0.348. The summed E-state index contributed by atoms with van der Waals surface area (Å²) in [6, 6.07) is 16.6. The monoisotopic (exact) mass is 381 g/mol. The number of carbonyl (C=O) groups excluding carboxylic acids is 1. The third-order valence-corrected chi connectivity index (χ3v) is 5.90. The van der Waals surface area contributed by atoms with Crippen molar-refractivity contribution in [2.45, 2.75) is 32.0 Å². The third-order valence-electron chi connectivity index (χ3n) is 5.64. The molecule has 4 heteroatoms. The van der Waals surface area contributed by atoms with Gasteiger partial charge in [-0.3, -0.25) is 14.6 Å². The molecule has 1 saturated heterocycles. The van der Waals surface area contributed by atoms with Crippen LogP contribution in [0, 0.1) is 0 Å². The van der Waals surface area contributed by atoms with Crippen molar-refractivity contribution in [2.75, 3.05) is 19.6 Å². The molecular weight excluding hydrogens is 356 g/mol. The first kappa shape index (κ1) is 19.8. The van der Waals surface area contributed by atoms with Gasteiger partial charge in [-0.1, -0.05) is 48.0 Å². The van der Waals surface area contributed by atoms with Crippen LogP contribution >= 0.6 is 11.6 Å². The van der Waals surface area contributed by atoms with Crippen LogP contribution in [0.3, 0.4) is 0 Å². The summed E-state index contributed by atoms with van der Waals surface area (Å²) in [6.07, 6.45) is 3.99. The molecular formula is C23H26ClN2O. The van der Waals surface area contributed by atoms with E-state index in [1.54, 1.807) is 6.07 Å². The van der Waals surface area contributed by atoms with Crippen LogP contribution in [-0.2, 0) is 4.79 Å². The molecule has 1 heterocycles. The first-order chi connectivity index (χ1) is 13.0. The number of rotatable bonds is 6. The molecule has 2 aromatic rings. The van der Waals surface area contributed by atoms with E-state index in [-0.39, 0.29) is 6.04 Å². The Morgan fingerprint density at radius 1 is 1.15 bits per heavy atom. The predicted molar refractivity (Wildman–Crippen MR) is 112 cm³/mol. The van der Waals surface area contributed by atoms with Crippen molar-refractivity contribution in [3.05, 3.63) is 82.9 Å². The lowest BCUT2D eigenvalue weighted by molar-refractivity contribution is 0.0240. The fourth-order valence-electron chi connectivity index (χ4n) is 4.01. The molecule has 1 aliphatic heterocycles. The van der Waals surface area contributed by atoms with Gasteiger partial charge >= 0.3 is 0 Å². The molecule has 0 amide bonds. The third kappa shape index (κ3) is 4.32. The minimum Gasteiger partial charge on any atom is -0.294 e. The first-order valence-corrected chi connectivity index (χ1v) is 9.77. The lowest BCUT2D eigenvalue weighted by Crippen LogP contribution is -2.58. The highest BCUT2D eigenvalue weighted by atomic mass is 35.5. The molecule has 141 valence electrons. The summed E-state index contributed by atoms with van der Waals surface area (Å²) >= 11 is 6.12. The zero-order valence-corrected chi connectivity index (χ0v) is 16.7. The van der Waals surface area contributed by atoms with Gasteiger partial charge in [0.25, 0.3) is 0 Å². The molecule has 0 aliphatic carbocycles. The largest absolute Gasteiger partial charge is 0.294 e. The minimum absolute atomic E-state index is 0.0684. The summed E-state index contributed by atoms with van der Waals surface area (Å²) in [5, 5.41) is 0.727. The van der Waals surface area contributed by atoms with E-state index in [1.165, 1.54) is 5.56 Å². The predicted octanol–water partition coefficient (Wildman–Crippen LogP) is 4.47. The second-order valence-electron chi connectivity index (χ2n) is 7.18. The standard InChI is InChI=1S/C23H26ClN2O/c1-4-12-25-13-14-26(18(3)17(25)2)23(20-8-10-22(24)11-9-20)21-7-5-6-19(15-21)16-27/h4-11,15,17-18,23H,1,12-14H2,2-3H3/t17-,18+,23?/m0/s1. The van der Waals surface area contributed by atoms with E-state index in [0.717, 1.165) is 30.2 Å². The Kier molecular flexibility index (Phi) is 6.48. The van der Waals surface area contributed by atoms with Crippen LogP contribution in [0.4, 0.5) is 0 Å². The molecule has 1 radical (unpaired) electrons. The van der Waals surface area contributed by atoms with Crippen LogP contribution in [0.1, 0.15) is 36.6 Å². The van der Waals surface area contributed by atoms with Crippen LogP contribution in [0.25, 0.3) is 0 Å². The molecule has 1 unspecified atom stereocenters. The van der Waals surface area contributed by atoms with Gasteiger partial charge in [0.05, 0.1) is 6.04 Å². The summed E-state index contributed by atoms with van der Waals surface area (Å²) in [5.41, 5.74) is 2.87. The summed E-state index contributed by atoms with van der Waals surface area (Å²) in [7, 11) is 0. The summed E-state index contributed by atoms with van der Waals surface area (Å²) in [4.78, 5) is 16.2. The summed E-state index contributed by atoms with van der Waals surface area (Å²) in [5.74, 6) is 0. The van der Waals surface area contributed by atoms with Gasteiger partial charge in [-0.05, 0) is 43.2 Å². The first-order valence-electron chi connectivity index (χ1n) is 9.39. The highest BCUT2D eigenvalue weighted by molar-refractivity contribution is 6.30. The number of benzene rings is 2. The molecule has 3 rings (SSSR count). The Bertz CT molecular complexity index is 789. The van der Waals surface area contributed by atoms with Crippen molar-refractivity contribution in [2.24, 2.45) is 0 Å². The maximum atomic E-state index is 11.2. The average molecular weight is 382 g/mol. The van der Waals surface area contributed by atoms with Crippen molar-refractivity contribution in [3.8, 4) is 0 Å². The Morgan fingerprint density at radius 3 is 2.56 bits per heavy atom. The van der Waals surface area contributed by atoms with E-state index < -0.39 is 0 Å². The zero-order chi connectivity index (χ0) is 19.4. The van der Waals surface area contributed by atoms with Gasteiger partial charge in [0.2, 0.25) is 6.29 Å². The van der Waals surface area contributed by atoms with Crippen molar-refractivity contribution in [3.63, 3.8) is 0 Å². The molecule has 3 nitrogen and oxygen atoms in total. The normalized spacial score (nSPS) is 22.3. The van der Waals surface area contributed by atoms with Gasteiger partial charge in [0, 0.05) is 42.3 Å². The van der Waals surface area contributed by atoms with Crippen LogP contribution in [0.2, 0.25) is 5.02 Å². The zero-order valence-electron chi connectivity index (χ0n) is 15.9. The Labute approximate surface area is 167 Å². The number of nitrogens with zero attached hydrogens (tertiary/aromatic N) is 2. The maximum absolute atomic E-state index is 11.2. The second kappa shape index (κ2) is 8.83. The van der Waals surface area contributed by atoms with Gasteiger partial charge in [-0.25, -0.2) is 0 Å². The molecule has 0 spiro atoms. The van der Waals surface area contributed by atoms with E-state index in [0.29, 0.717) is 17.6 Å². The van der Waals surface area contributed by atoms with Crippen molar-refractivity contribution < 1.29 is 4.79 Å². The fourth-order valence-corrected chi connectivity index (χ4v) is 4.14. The van der Waals surface area contributed by atoms with Crippen molar-refractivity contribution in [1.82, 2.24) is 9.80 Å². The summed E-state index contributed by atoms with van der Waals surface area (Å²) < 4.78 is 0. The minimum atomic E-state index is 0.0684. The van der Waals surface area contributed by atoms with Gasteiger partial charge in [-0.15, -0.1) is 6.58 Å². The van der Waals surface area contributed by atoms with Gasteiger partial charge in [-0.2, -0.15) is 0 Å². The van der Waals surface area contributed by atoms with Crippen molar-refractivity contribution in [1.29, 1.82) is 0 Å². The molecule has 27 heavy (non-hydrogen) atoms. The number of hydrogen-bond acceptors (Lipinski definition) is 3. The number of piperazine rings is 1. The van der Waals surface area contributed by atoms with E-state index in [9.17, 15) is 4.79 Å². The molecule has 3 atom stereocenters. The van der Waals surface area contributed by atoms with Crippen LogP contribution in [-0.4, -0.2) is 47.8 Å². The topological polar surface area (TPSA) is 23.6 Å². The Morgan fingerprint density at radius 2 is 1.89 bits per heavy atom. The smallest absolute Gasteiger partial charge is 0.233 e. The lowest BCUT2D eigenvalue weighted by Gasteiger charge is -2.48. The molecule has 1 fully saturated rings. The van der Waals surface area contributed by atoms with Crippen LogP contribution < -0.4 is 0 Å². The van der Waals surface area contributed by atoms with Gasteiger partial charge in [0.1, 0.15) is 0 Å². The molecule has 2 aromatic carbocycles. The van der Waals surface area contributed by atoms with Gasteiger partial charge in [0.15, 0.2) is 0 Å². The number of halogens is 1. The SMILES string of the molecule is C=CCN1CCN(C(c2ccc(Cl)cc2)c2cccc([C]=O)c2)[C@H](C)[C@@H]1C. The molecule has 0 saturated carbocycles. The molecule has 0 aromatic heterocycles. The molecule has 0 N–H and O–H groups in total. The van der Waals surface area contributed by atoms with E-state index in [2.05, 4.69) is 48.4 Å². The quantitative estimate of drug-likeness (QED) is 0.690. The summed E-state index contributed by atoms with van der Waals surface area (Å²) in [6.45, 7) is 11.3. The van der Waals surface area contributed by atoms with Crippen molar-refractivity contribution >= 4 is 17.9 Å². The average Bonchev–Trinajstić information content (AvgIpc) is 2.69. The Balaban J connectivity index is 2.00. The highest BCUT2D eigenvalue weighted by Crippen LogP contribution is 2.34. The van der Waals surface area contributed by atoms with Gasteiger partial charge < -0.3 is 0 Å². The van der Waals surface area contributed by atoms with Crippen LogP contribution in [0.15, 0.2) is 61.2 Å².